The zero-order valence-electron chi connectivity index (χ0n) is 8.70. The molecule has 0 radical (unpaired) electrons. The largest absolute Gasteiger partial charge is 0.495 e. The molecular formula is C11H12N2OS. The Morgan fingerprint density at radius 3 is 3.07 bits per heavy atom. The minimum Gasteiger partial charge on any atom is -0.495 e. The summed E-state index contributed by atoms with van der Waals surface area (Å²) in [6.45, 7) is 2.07. The fourth-order valence-corrected chi connectivity index (χ4v) is 2.70. The van der Waals surface area contributed by atoms with Gasteiger partial charge in [-0.15, -0.1) is 11.8 Å². The number of hydrogen-bond acceptors (Lipinski definition) is 4. The van der Waals surface area contributed by atoms with E-state index >= 15 is 0 Å². The first-order chi connectivity index (χ1) is 7.26. The van der Waals surface area contributed by atoms with Gasteiger partial charge < -0.3 is 10.1 Å². The monoisotopic (exact) mass is 220 g/mol. The number of rotatable bonds is 1. The van der Waals surface area contributed by atoms with E-state index in [1.807, 2.05) is 12.1 Å². The van der Waals surface area contributed by atoms with E-state index in [0.717, 1.165) is 17.2 Å². The summed E-state index contributed by atoms with van der Waals surface area (Å²) in [5, 5.41) is 12.1. The van der Waals surface area contributed by atoms with E-state index in [9.17, 15) is 0 Å². The van der Waals surface area contributed by atoms with Crippen LogP contribution in [0.2, 0.25) is 0 Å². The van der Waals surface area contributed by atoms with Crippen molar-refractivity contribution in [2.45, 2.75) is 17.9 Å². The van der Waals surface area contributed by atoms with Gasteiger partial charge in [0.05, 0.1) is 18.9 Å². The van der Waals surface area contributed by atoms with Gasteiger partial charge >= 0.3 is 0 Å². The average Bonchev–Trinajstić information content (AvgIpc) is 2.29. The van der Waals surface area contributed by atoms with Gasteiger partial charge in [0.15, 0.2) is 0 Å². The van der Waals surface area contributed by atoms with Gasteiger partial charge in [0.1, 0.15) is 11.8 Å². The van der Waals surface area contributed by atoms with Crippen LogP contribution in [0.4, 0.5) is 5.69 Å². The number of anilines is 1. The standard InChI is InChI=1S/C11H12N2OS/c1-7-3-4-9(14-2)10-11(7)15-6-8(5-12)13-10/h3-4,8,13H,6H2,1-2H3. The predicted molar refractivity (Wildman–Crippen MR) is 61.5 cm³/mol. The Morgan fingerprint density at radius 2 is 2.40 bits per heavy atom. The van der Waals surface area contributed by atoms with E-state index in [-0.39, 0.29) is 6.04 Å². The summed E-state index contributed by atoms with van der Waals surface area (Å²) < 4.78 is 5.28. The number of hydrogen-bond donors (Lipinski definition) is 1. The molecule has 1 aromatic carbocycles. The third-order valence-electron chi connectivity index (χ3n) is 2.40. The molecule has 0 saturated carbocycles. The van der Waals surface area contributed by atoms with Crippen molar-refractivity contribution in [1.82, 2.24) is 0 Å². The lowest BCUT2D eigenvalue weighted by Gasteiger charge is -2.25. The van der Waals surface area contributed by atoms with Crippen LogP contribution in [0.25, 0.3) is 0 Å². The van der Waals surface area contributed by atoms with Gasteiger partial charge in [0, 0.05) is 10.6 Å². The Kier molecular flexibility index (Phi) is 2.74. The molecule has 3 nitrogen and oxygen atoms in total. The Labute approximate surface area is 93.4 Å². The second-order valence-corrected chi connectivity index (χ2v) is 4.46. The van der Waals surface area contributed by atoms with Crippen LogP contribution in [0.1, 0.15) is 5.56 Å². The van der Waals surface area contributed by atoms with Crippen LogP contribution in [0.3, 0.4) is 0 Å². The molecule has 0 aromatic heterocycles. The Balaban J connectivity index is 2.47. The summed E-state index contributed by atoms with van der Waals surface area (Å²) >= 11 is 1.71. The quantitative estimate of drug-likeness (QED) is 0.789. The highest BCUT2D eigenvalue weighted by Gasteiger charge is 2.22. The van der Waals surface area contributed by atoms with E-state index in [0.29, 0.717) is 0 Å². The van der Waals surface area contributed by atoms with Gasteiger partial charge in [-0.2, -0.15) is 5.26 Å². The van der Waals surface area contributed by atoms with Crippen molar-refractivity contribution < 1.29 is 4.74 Å². The molecule has 1 N–H and O–H groups in total. The fraction of sp³-hybridized carbons (Fsp3) is 0.364. The van der Waals surface area contributed by atoms with Gasteiger partial charge in [0.25, 0.3) is 0 Å². The predicted octanol–water partition coefficient (Wildman–Crippen LogP) is 2.41. The molecule has 0 aliphatic carbocycles. The summed E-state index contributed by atoms with van der Waals surface area (Å²) in [5.41, 5.74) is 2.18. The van der Waals surface area contributed by atoms with Crippen molar-refractivity contribution >= 4 is 17.4 Å². The minimum absolute atomic E-state index is 0.127. The Hall–Kier alpha value is -1.34. The van der Waals surface area contributed by atoms with Crippen LogP contribution in [0.5, 0.6) is 5.75 Å². The SMILES string of the molecule is COc1ccc(C)c2c1NC(C#N)CS2. The first-order valence-corrected chi connectivity index (χ1v) is 5.71. The summed E-state index contributed by atoms with van der Waals surface area (Å²) in [6.07, 6.45) is 0. The maximum atomic E-state index is 8.88. The number of benzene rings is 1. The number of ether oxygens (including phenoxy) is 1. The maximum Gasteiger partial charge on any atom is 0.143 e. The lowest BCUT2D eigenvalue weighted by atomic mass is 10.2. The zero-order chi connectivity index (χ0) is 10.8. The van der Waals surface area contributed by atoms with Crippen molar-refractivity contribution in [1.29, 1.82) is 5.26 Å². The Bertz CT molecular complexity index is 425. The van der Waals surface area contributed by atoms with Crippen LogP contribution >= 0.6 is 11.8 Å². The first-order valence-electron chi connectivity index (χ1n) is 4.73. The molecule has 1 atom stereocenters. The van der Waals surface area contributed by atoms with Gasteiger partial charge in [0.2, 0.25) is 0 Å². The molecule has 4 heteroatoms. The van der Waals surface area contributed by atoms with Crippen molar-refractivity contribution in [3.05, 3.63) is 17.7 Å². The molecule has 15 heavy (non-hydrogen) atoms. The number of aryl methyl sites for hydroxylation is 1. The molecular weight excluding hydrogens is 208 g/mol. The molecule has 2 rings (SSSR count). The van der Waals surface area contributed by atoms with Crippen LogP contribution in [-0.4, -0.2) is 18.9 Å². The van der Waals surface area contributed by atoms with Gasteiger partial charge in [-0.25, -0.2) is 0 Å². The molecule has 0 amide bonds. The molecule has 1 unspecified atom stereocenters. The highest BCUT2D eigenvalue weighted by atomic mass is 32.2. The smallest absolute Gasteiger partial charge is 0.143 e. The minimum atomic E-state index is -0.127. The molecule has 0 bridgehead atoms. The lowest BCUT2D eigenvalue weighted by molar-refractivity contribution is 0.415. The van der Waals surface area contributed by atoms with Crippen LogP contribution < -0.4 is 10.1 Å². The Morgan fingerprint density at radius 1 is 1.60 bits per heavy atom. The van der Waals surface area contributed by atoms with Gasteiger partial charge in [-0.05, 0) is 18.6 Å². The molecule has 0 saturated heterocycles. The first kappa shape index (κ1) is 10.2. The number of nitriles is 1. The van der Waals surface area contributed by atoms with Crippen molar-refractivity contribution in [2.75, 3.05) is 18.2 Å². The third-order valence-corrected chi connectivity index (χ3v) is 3.72. The molecule has 1 heterocycles. The third kappa shape index (κ3) is 1.75. The van der Waals surface area contributed by atoms with Crippen molar-refractivity contribution in [2.24, 2.45) is 0 Å². The van der Waals surface area contributed by atoms with E-state index in [4.69, 9.17) is 10.00 Å². The van der Waals surface area contributed by atoms with E-state index in [1.165, 1.54) is 10.5 Å². The van der Waals surface area contributed by atoms with E-state index in [2.05, 4.69) is 18.3 Å². The van der Waals surface area contributed by atoms with E-state index in [1.54, 1.807) is 18.9 Å². The maximum absolute atomic E-state index is 8.88. The van der Waals surface area contributed by atoms with Crippen molar-refractivity contribution in [3.8, 4) is 11.8 Å². The summed E-state index contributed by atoms with van der Waals surface area (Å²) in [4.78, 5) is 1.20. The normalized spacial score (nSPS) is 18.6. The van der Waals surface area contributed by atoms with Crippen LogP contribution in [0.15, 0.2) is 17.0 Å². The van der Waals surface area contributed by atoms with Crippen molar-refractivity contribution in [3.63, 3.8) is 0 Å². The fourth-order valence-electron chi connectivity index (χ4n) is 1.61. The zero-order valence-corrected chi connectivity index (χ0v) is 9.52. The van der Waals surface area contributed by atoms with E-state index < -0.39 is 0 Å². The number of methoxy groups -OCH3 is 1. The molecule has 78 valence electrons. The molecule has 1 aliphatic rings. The molecule has 0 fully saturated rings. The summed E-state index contributed by atoms with van der Waals surface area (Å²) in [6, 6.07) is 6.07. The molecule has 0 spiro atoms. The lowest BCUT2D eigenvalue weighted by Crippen LogP contribution is -2.24. The average molecular weight is 220 g/mol. The van der Waals surface area contributed by atoms with Gasteiger partial charge in [-0.1, -0.05) is 6.07 Å². The number of nitrogens with one attached hydrogen (secondary N) is 1. The highest BCUT2D eigenvalue weighted by molar-refractivity contribution is 7.99. The molecule has 1 aliphatic heterocycles. The van der Waals surface area contributed by atoms with Crippen LogP contribution in [-0.2, 0) is 0 Å². The number of thioether (sulfide) groups is 1. The van der Waals surface area contributed by atoms with Gasteiger partial charge in [-0.3, -0.25) is 0 Å². The summed E-state index contributed by atoms with van der Waals surface area (Å²) in [5.74, 6) is 1.60. The topological polar surface area (TPSA) is 45.0 Å². The molecule has 1 aromatic rings. The highest BCUT2D eigenvalue weighted by Crippen LogP contribution is 2.41. The number of fused-ring (bicyclic) bond motifs is 1. The second kappa shape index (κ2) is 4.03. The number of nitrogens with zero attached hydrogens (tertiary/aromatic N) is 1. The summed E-state index contributed by atoms with van der Waals surface area (Å²) in [7, 11) is 1.65. The second-order valence-electron chi connectivity index (χ2n) is 3.43. The van der Waals surface area contributed by atoms with Crippen LogP contribution in [0, 0.1) is 18.3 Å².